The Morgan fingerprint density at radius 2 is 2.33 bits per heavy atom. The topological polar surface area (TPSA) is 42.4 Å². The van der Waals surface area contributed by atoms with Gasteiger partial charge in [-0.3, -0.25) is 4.90 Å². The average molecular weight is 208 g/mol. The van der Waals surface area contributed by atoms with Crippen molar-refractivity contribution in [1.82, 2.24) is 4.90 Å². The van der Waals surface area contributed by atoms with Crippen LogP contribution in [0.3, 0.4) is 0 Å². The van der Waals surface area contributed by atoms with E-state index >= 15 is 0 Å². The lowest BCUT2D eigenvalue weighted by Crippen LogP contribution is -2.29. The third-order valence-electron chi connectivity index (χ3n) is 3.27. The van der Waals surface area contributed by atoms with E-state index in [9.17, 15) is 0 Å². The van der Waals surface area contributed by atoms with Crippen LogP contribution >= 0.6 is 0 Å². The van der Waals surface area contributed by atoms with Gasteiger partial charge in [0, 0.05) is 18.7 Å². The van der Waals surface area contributed by atoms with Crippen molar-refractivity contribution in [3.8, 4) is 0 Å². The maximum absolute atomic E-state index is 5.63. The van der Waals surface area contributed by atoms with E-state index in [-0.39, 0.29) is 0 Å². The molecule has 2 rings (SSSR count). The summed E-state index contributed by atoms with van der Waals surface area (Å²) in [6.07, 6.45) is 5.93. The summed E-state index contributed by atoms with van der Waals surface area (Å²) in [7, 11) is 2.15. The Morgan fingerprint density at radius 3 is 2.93 bits per heavy atom. The van der Waals surface area contributed by atoms with E-state index < -0.39 is 0 Å². The lowest BCUT2D eigenvalue weighted by Gasteiger charge is -2.29. The Kier molecular flexibility index (Phi) is 3.44. The molecule has 0 aliphatic heterocycles. The number of rotatable bonds is 5. The van der Waals surface area contributed by atoms with E-state index in [4.69, 9.17) is 10.2 Å². The molecule has 1 aliphatic carbocycles. The second kappa shape index (κ2) is 4.81. The fourth-order valence-electron chi connectivity index (χ4n) is 2.11. The highest BCUT2D eigenvalue weighted by Crippen LogP contribution is 2.27. The van der Waals surface area contributed by atoms with Gasteiger partial charge in [0.2, 0.25) is 0 Å². The molecule has 1 aromatic rings. The van der Waals surface area contributed by atoms with E-state index in [2.05, 4.69) is 11.9 Å². The van der Waals surface area contributed by atoms with Gasteiger partial charge in [-0.05, 0) is 31.9 Å². The maximum atomic E-state index is 5.63. The summed E-state index contributed by atoms with van der Waals surface area (Å²) in [5.74, 6) is 1.94. The van der Waals surface area contributed by atoms with Crippen molar-refractivity contribution in [3.63, 3.8) is 0 Å². The first-order valence-electron chi connectivity index (χ1n) is 5.73. The van der Waals surface area contributed by atoms with E-state index in [1.807, 2.05) is 6.07 Å². The minimum atomic E-state index is 0.573. The van der Waals surface area contributed by atoms with Crippen molar-refractivity contribution in [3.05, 3.63) is 23.7 Å². The molecule has 1 aromatic heterocycles. The molecule has 3 nitrogen and oxygen atoms in total. The van der Waals surface area contributed by atoms with Crippen LogP contribution in [0.2, 0.25) is 0 Å². The van der Waals surface area contributed by atoms with Crippen molar-refractivity contribution in [1.29, 1.82) is 0 Å². The molecular weight excluding hydrogens is 188 g/mol. The molecule has 1 aliphatic rings. The molecule has 1 heterocycles. The third-order valence-corrected chi connectivity index (χ3v) is 3.27. The van der Waals surface area contributed by atoms with Gasteiger partial charge in [0.05, 0.1) is 12.8 Å². The number of nitrogens with two attached hydrogens (primary N) is 1. The van der Waals surface area contributed by atoms with Crippen LogP contribution in [0.4, 0.5) is 0 Å². The van der Waals surface area contributed by atoms with Gasteiger partial charge in [-0.25, -0.2) is 0 Å². The predicted molar refractivity (Wildman–Crippen MR) is 60.3 cm³/mol. The highest BCUT2D eigenvalue weighted by atomic mass is 16.3. The first kappa shape index (κ1) is 10.7. The first-order valence-corrected chi connectivity index (χ1v) is 5.73. The second-order valence-corrected chi connectivity index (χ2v) is 4.57. The molecule has 3 heteroatoms. The Labute approximate surface area is 91.2 Å². The highest BCUT2D eigenvalue weighted by Gasteiger charge is 2.19. The fraction of sp³-hybridized carbons (Fsp3) is 0.667. The summed E-state index contributed by atoms with van der Waals surface area (Å²) in [6, 6.07) is 1.96. The maximum Gasteiger partial charge on any atom is 0.122 e. The quantitative estimate of drug-likeness (QED) is 0.804. The zero-order valence-corrected chi connectivity index (χ0v) is 9.41. The molecule has 0 radical (unpaired) electrons. The Hall–Kier alpha value is -0.800. The van der Waals surface area contributed by atoms with E-state index in [1.54, 1.807) is 6.26 Å². The van der Waals surface area contributed by atoms with Crippen LogP contribution in [0.15, 0.2) is 16.7 Å². The van der Waals surface area contributed by atoms with Crippen LogP contribution < -0.4 is 5.73 Å². The monoisotopic (exact) mass is 208 g/mol. The van der Waals surface area contributed by atoms with E-state index in [1.165, 1.54) is 25.8 Å². The van der Waals surface area contributed by atoms with Gasteiger partial charge in [-0.15, -0.1) is 0 Å². The molecule has 1 saturated carbocycles. The van der Waals surface area contributed by atoms with Crippen molar-refractivity contribution in [2.75, 3.05) is 13.6 Å². The van der Waals surface area contributed by atoms with Gasteiger partial charge in [-0.1, -0.05) is 6.42 Å². The summed E-state index contributed by atoms with van der Waals surface area (Å²) in [5.41, 5.74) is 6.77. The predicted octanol–water partition coefficient (Wildman–Crippen LogP) is 1.97. The fourth-order valence-corrected chi connectivity index (χ4v) is 2.11. The lowest BCUT2D eigenvalue weighted by atomic mass is 9.85. The third kappa shape index (κ3) is 2.61. The standard InChI is InChI=1S/C12H20N2O/c1-14(8-10-3-2-4-10)9-12-11(7-13)5-6-15-12/h5-6,10H,2-4,7-9,13H2,1H3. The van der Waals surface area contributed by atoms with Crippen LogP contribution in [0, 0.1) is 5.92 Å². The van der Waals surface area contributed by atoms with Gasteiger partial charge in [0.15, 0.2) is 0 Å². The molecule has 0 saturated heterocycles. The molecule has 0 bridgehead atoms. The van der Waals surface area contributed by atoms with Crippen molar-refractivity contribution < 1.29 is 4.42 Å². The largest absolute Gasteiger partial charge is 0.468 e. The number of nitrogens with zero attached hydrogens (tertiary/aromatic N) is 1. The van der Waals surface area contributed by atoms with Gasteiger partial charge >= 0.3 is 0 Å². The highest BCUT2D eigenvalue weighted by molar-refractivity contribution is 5.16. The summed E-state index contributed by atoms with van der Waals surface area (Å²) < 4.78 is 5.44. The molecule has 2 N–H and O–H groups in total. The van der Waals surface area contributed by atoms with Crippen molar-refractivity contribution in [2.45, 2.75) is 32.4 Å². The first-order chi connectivity index (χ1) is 7.29. The zero-order valence-electron chi connectivity index (χ0n) is 9.41. The average Bonchev–Trinajstić information content (AvgIpc) is 2.59. The van der Waals surface area contributed by atoms with Crippen molar-refractivity contribution >= 4 is 0 Å². The van der Waals surface area contributed by atoms with Crippen molar-refractivity contribution in [2.24, 2.45) is 11.7 Å². The molecule has 84 valence electrons. The van der Waals surface area contributed by atoms with Gasteiger partial charge in [-0.2, -0.15) is 0 Å². The summed E-state index contributed by atoms with van der Waals surface area (Å²) in [5, 5.41) is 0. The minimum Gasteiger partial charge on any atom is -0.468 e. The number of hydrogen-bond acceptors (Lipinski definition) is 3. The Morgan fingerprint density at radius 1 is 1.53 bits per heavy atom. The Balaban J connectivity index is 1.84. The molecule has 0 aromatic carbocycles. The molecule has 0 unspecified atom stereocenters. The molecule has 1 fully saturated rings. The van der Waals surface area contributed by atoms with Gasteiger partial charge < -0.3 is 10.2 Å². The summed E-state index contributed by atoms with van der Waals surface area (Å²) in [6.45, 7) is 2.64. The van der Waals surface area contributed by atoms with Crippen LogP contribution in [-0.4, -0.2) is 18.5 Å². The molecule has 15 heavy (non-hydrogen) atoms. The second-order valence-electron chi connectivity index (χ2n) is 4.57. The van der Waals surface area contributed by atoms with E-state index in [0.717, 1.165) is 23.8 Å². The lowest BCUT2D eigenvalue weighted by molar-refractivity contribution is 0.190. The van der Waals surface area contributed by atoms with E-state index in [0.29, 0.717) is 6.54 Å². The molecular formula is C12H20N2O. The SMILES string of the molecule is CN(Cc1occc1CN)CC1CCC1. The summed E-state index contributed by atoms with van der Waals surface area (Å²) >= 11 is 0. The van der Waals surface area contributed by atoms with Crippen LogP contribution in [-0.2, 0) is 13.1 Å². The number of furan rings is 1. The Bertz CT molecular complexity index is 304. The zero-order chi connectivity index (χ0) is 10.7. The molecule has 0 amide bonds. The van der Waals surface area contributed by atoms with Crippen LogP contribution in [0.1, 0.15) is 30.6 Å². The van der Waals surface area contributed by atoms with Gasteiger partial charge in [0.25, 0.3) is 0 Å². The molecule has 0 spiro atoms. The van der Waals surface area contributed by atoms with Crippen LogP contribution in [0.25, 0.3) is 0 Å². The molecule has 0 atom stereocenters. The normalized spacial score (nSPS) is 17.0. The number of hydrogen-bond donors (Lipinski definition) is 1. The smallest absolute Gasteiger partial charge is 0.122 e. The summed E-state index contributed by atoms with van der Waals surface area (Å²) in [4.78, 5) is 2.34. The van der Waals surface area contributed by atoms with Crippen LogP contribution in [0.5, 0.6) is 0 Å². The van der Waals surface area contributed by atoms with Gasteiger partial charge in [0.1, 0.15) is 5.76 Å². The minimum absolute atomic E-state index is 0.573.